The average molecular weight is 287 g/mol. The van der Waals surface area contributed by atoms with Gasteiger partial charge in [0.1, 0.15) is 18.5 Å². The fourth-order valence-corrected chi connectivity index (χ4v) is 1.96. The minimum Gasteiger partial charge on any atom is -0.545 e. The Balaban J connectivity index is 1.93. The van der Waals surface area contributed by atoms with Crippen LogP contribution in [0, 0.1) is 6.92 Å². The molecule has 0 aliphatic heterocycles. The smallest absolute Gasteiger partial charge is 0.177 e. The Morgan fingerprint density at radius 3 is 2.81 bits per heavy atom. The third-order valence-corrected chi connectivity index (χ3v) is 3.04. The number of carboxylic acids is 1. The number of nitrogens with zero attached hydrogens (tertiary/aromatic N) is 1. The number of aromatic nitrogens is 1. The zero-order valence-electron chi connectivity index (χ0n) is 11.7. The van der Waals surface area contributed by atoms with Crippen LogP contribution < -0.4 is 14.4 Å². The summed E-state index contributed by atoms with van der Waals surface area (Å²) in [4.78, 5) is 10.8. The summed E-state index contributed by atoms with van der Waals surface area (Å²) in [5.74, 6) is -0.514. The molecule has 21 heavy (non-hydrogen) atoms. The zero-order chi connectivity index (χ0) is 15.2. The first-order chi connectivity index (χ1) is 10.1. The highest BCUT2D eigenvalue weighted by Gasteiger charge is 2.13. The maximum atomic E-state index is 10.8. The summed E-state index contributed by atoms with van der Waals surface area (Å²) in [6, 6.07) is 10.6. The fourth-order valence-electron chi connectivity index (χ4n) is 1.96. The van der Waals surface area contributed by atoms with E-state index in [0.717, 1.165) is 11.3 Å². The Hall–Kier alpha value is -2.40. The largest absolute Gasteiger partial charge is 0.545 e. The SMILES string of the molecule is Cc1ccccc1OCC(O)C[n+]1cccc(C(=O)[O-])c1. The number of rotatable bonds is 6. The minimum atomic E-state index is -1.24. The molecule has 1 aromatic carbocycles. The highest BCUT2D eigenvalue weighted by molar-refractivity contribution is 5.84. The van der Waals surface area contributed by atoms with E-state index in [4.69, 9.17) is 4.74 Å². The molecule has 0 fully saturated rings. The molecule has 0 saturated heterocycles. The highest BCUT2D eigenvalue weighted by Crippen LogP contribution is 2.16. The van der Waals surface area contributed by atoms with Gasteiger partial charge in [-0.25, -0.2) is 4.57 Å². The number of hydrogen-bond donors (Lipinski definition) is 1. The summed E-state index contributed by atoms with van der Waals surface area (Å²) >= 11 is 0. The monoisotopic (exact) mass is 287 g/mol. The lowest BCUT2D eigenvalue weighted by atomic mass is 10.2. The Labute approximate surface area is 123 Å². The average Bonchev–Trinajstić information content (AvgIpc) is 2.46. The topological polar surface area (TPSA) is 73.5 Å². The van der Waals surface area contributed by atoms with Crippen LogP contribution in [0.1, 0.15) is 15.9 Å². The van der Waals surface area contributed by atoms with Crippen LogP contribution in [-0.2, 0) is 6.54 Å². The van der Waals surface area contributed by atoms with Crippen LogP contribution >= 0.6 is 0 Å². The molecule has 1 heterocycles. The van der Waals surface area contributed by atoms with Gasteiger partial charge in [0.25, 0.3) is 0 Å². The van der Waals surface area contributed by atoms with Gasteiger partial charge in [-0.2, -0.15) is 0 Å². The number of aromatic carboxylic acids is 1. The molecular weight excluding hydrogens is 270 g/mol. The van der Waals surface area contributed by atoms with Gasteiger partial charge in [-0.15, -0.1) is 0 Å². The third-order valence-electron chi connectivity index (χ3n) is 3.04. The van der Waals surface area contributed by atoms with E-state index >= 15 is 0 Å². The molecule has 5 nitrogen and oxygen atoms in total. The van der Waals surface area contributed by atoms with Gasteiger partial charge in [0, 0.05) is 6.07 Å². The molecule has 0 bridgehead atoms. The number of benzene rings is 1. The van der Waals surface area contributed by atoms with Crippen molar-refractivity contribution in [3.8, 4) is 5.75 Å². The lowest BCUT2D eigenvalue weighted by molar-refractivity contribution is -0.703. The zero-order valence-corrected chi connectivity index (χ0v) is 11.7. The van der Waals surface area contributed by atoms with E-state index in [1.54, 1.807) is 16.8 Å². The predicted molar refractivity (Wildman–Crippen MR) is 73.6 cm³/mol. The second kappa shape index (κ2) is 6.85. The molecular formula is C16H17NO4. The number of aliphatic hydroxyl groups excluding tert-OH is 1. The molecule has 0 aliphatic carbocycles. The molecule has 1 atom stereocenters. The van der Waals surface area contributed by atoms with Crippen molar-refractivity contribution in [2.45, 2.75) is 19.6 Å². The van der Waals surface area contributed by atoms with E-state index in [1.165, 1.54) is 12.3 Å². The van der Waals surface area contributed by atoms with E-state index in [0.29, 0.717) is 0 Å². The van der Waals surface area contributed by atoms with Gasteiger partial charge in [0.2, 0.25) is 0 Å². The summed E-state index contributed by atoms with van der Waals surface area (Å²) in [6.45, 7) is 2.31. The molecule has 0 spiro atoms. The van der Waals surface area contributed by atoms with Crippen LogP contribution in [0.15, 0.2) is 48.8 Å². The molecule has 0 saturated carbocycles. The molecule has 0 amide bonds. The van der Waals surface area contributed by atoms with Crippen LogP contribution in [0.5, 0.6) is 5.75 Å². The van der Waals surface area contributed by atoms with Crippen molar-refractivity contribution in [3.63, 3.8) is 0 Å². The number of carbonyl (C=O) groups is 1. The van der Waals surface area contributed by atoms with Gasteiger partial charge in [-0.05, 0) is 24.6 Å². The molecule has 5 heteroatoms. The van der Waals surface area contributed by atoms with Crippen molar-refractivity contribution in [2.24, 2.45) is 0 Å². The summed E-state index contributed by atoms with van der Waals surface area (Å²) < 4.78 is 7.15. The van der Waals surface area contributed by atoms with Gasteiger partial charge in [-0.1, -0.05) is 18.2 Å². The Morgan fingerprint density at radius 1 is 1.33 bits per heavy atom. The van der Waals surface area contributed by atoms with Crippen LogP contribution in [-0.4, -0.2) is 23.8 Å². The number of aryl methyl sites for hydroxylation is 1. The van der Waals surface area contributed by atoms with Crippen LogP contribution in [0.4, 0.5) is 0 Å². The third kappa shape index (κ3) is 4.29. The summed E-state index contributed by atoms with van der Waals surface area (Å²) in [5, 5.41) is 20.8. The Morgan fingerprint density at radius 2 is 2.10 bits per heavy atom. The van der Waals surface area contributed by atoms with Crippen LogP contribution in [0.25, 0.3) is 0 Å². The highest BCUT2D eigenvalue weighted by atomic mass is 16.5. The van der Waals surface area contributed by atoms with Crippen molar-refractivity contribution >= 4 is 5.97 Å². The van der Waals surface area contributed by atoms with E-state index in [-0.39, 0.29) is 18.7 Å². The molecule has 2 rings (SSSR count). The number of ether oxygens (including phenoxy) is 1. The molecule has 0 radical (unpaired) electrons. The fraction of sp³-hybridized carbons (Fsp3) is 0.250. The van der Waals surface area contributed by atoms with Crippen molar-refractivity contribution in [3.05, 3.63) is 59.9 Å². The molecule has 1 unspecified atom stereocenters. The number of pyridine rings is 1. The number of hydrogen-bond acceptors (Lipinski definition) is 4. The standard InChI is InChI=1S/C16H17NO4/c1-12-5-2-3-7-15(12)21-11-14(18)10-17-8-4-6-13(9-17)16(19)20/h2-9,14,18H,10-11H2,1H3. The molecule has 2 aromatic rings. The van der Waals surface area contributed by atoms with Gasteiger partial charge in [0.05, 0.1) is 11.5 Å². The number of carboxylic acid groups (broad SMARTS) is 1. The van der Waals surface area contributed by atoms with Crippen molar-refractivity contribution in [2.75, 3.05) is 6.61 Å². The quantitative estimate of drug-likeness (QED) is 0.764. The van der Waals surface area contributed by atoms with E-state index in [1.807, 2.05) is 31.2 Å². The summed E-state index contributed by atoms with van der Waals surface area (Å²) in [5.41, 5.74) is 1.07. The van der Waals surface area contributed by atoms with E-state index in [9.17, 15) is 15.0 Å². The number of aliphatic hydroxyl groups is 1. The summed E-state index contributed by atoms with van der Waals surface area (Å²) in [6.07, 6.45) is 2.36. The first-order valence-electron chi connectivity index (χ1n) is 6.63. The molecule has 1 aromatic heterocycles. The summed E-state index contributed by atoms with van der Waals surface area (Å²) in [7, 11) is 0. The van der Waals surface area contributed by atoms with Crippen LogP contribution in [0.2, 0.25) is 0 Å². The second-order valence-corrected chi connectivity index (χ2v) is 4.81. The van der Waals surface area contributed by atoms with Crippen molar-refractivity contribution < 1.29 is 24.3 Å². The number of carbonyl (C=O) groups excluding carboxylic acids is 1. The van der Waals surface area contributed by atoms with Gasteiger partial charge >= 0.3 is 0 Å². The maximum absolute atomic E-state index is 10.8. The van der Waals surface area contributed by atoms with Crippen molar-refractivity contribution in [1.82, 2.24) is 0 Å². The van der Waals surface area contributed by atoms with E-state index < -0.39 is 12.1 Å². The minimum absolute atomic E-state index is 0.0736. The first kappa shape index (κ1) is 15.0. The van der Waals surface area contributed by atoms with Crippen LogP contribution in [0.3, 0.4) is 0 Å². The lowest BCUT2D eigenvalue weighted by Crippen LogP contribution is -2.42. The predicted octanol–water partition coefficient (Wildman–Crippen LogP) is 0.0859. The van der Waals surface area contributed by atoms with E-state index in [2.05, 4.69) is 0 Å². The Kier molecular flexibility index (Phi) is 4.90. The number of para-hydroxylation sites is 1. The van der Waals surface area contributed by atoms with Gasteiger partial charge in [-0.3, -0.25) is 0 Å². The molecule has 110 valence electrons. The normalized spacial score (nSPS) is 11.9. The van der Waals surface area contributed by atoms with Gasteiger partial charge < -0.3 is 19.7 Å². The molecule has 1 N–H and O–H groups in total. The molecule has 0 aliphatic rings. The lowest BCUT2D eigenvalue weighted by Gasteiger charge is -2.12. The van der Waals surface area contributed by atoms with Crippen molar-refractivity contribution in [1.29, 1.82) is 0 Å². The Bertz CT molecular complexity index is 627. The first-order valence-corrected chi connectivity index (χ1v) is 6.63. The second-order valence-electron chi connectivity index (χ2n) is 4.81. The maximum Gasteiger partial charge on any atom is 0.177 e. The van der Waals surface area contributed by atoms with Gasteiger partial charge in [0.15, 0.2) is 18.9 Å².